The molecule has 0 saturated carbocycles. The summed E-state index contributed by atoms with van der Waals surface area (Å²) >= 11 is 5.74. The molecule has 0 aliphatic heterocycles. The first-order chi connectivity index (χ1) is 9.08. The third-order valence-electron chi connectivity index (χ3n) is 2.76. The lowest BCUT2D eigenvalue weighted by Gasteiger charge is -2.09. The van der Waals surface area contributed by atoms with Crippen molar-refractivity contribution in [1.82, 2.24) is 0 Å². The largest absolute Gasteiger partial charge is 0.482 e. The van der Waals surface area contributed by atoms with Crippen molar-refractivity contribution in [2.45, 2.75) is 13.5 Å². The summed E-state index contributed by atoms with van der Waals surface area (Å²) in [5, 5.41) is 11.2. The number of nitro groups is 1. The molecule has 4 nitrogen and oxygen atoms in total. The minimum absolute atomic E-state index is 0.124. The Kier molecular flexibility index (Phi) is 4.02. The van der Waals surface area contributed by atoms with Crippen molar-refractivity contribution in [2.24, 2.45) is 0 Å². The molecule has 0 amide bonds. The molecule has 0 atom stereocenters. The third kappa shape index (κ3) is 3.23. The zero-order chi connectivity index (χ0) is 13.8. The SMILES string of the molecule is Cc1ccccc1COc1ccc(Cl)cc1[N+](=O)[O-]. The Balaban J connectivity index is 2.20. The van der Waals surface area contributed by atoms with Crippen molar-refractivity contribution >= 4 is 17.3 Å². The number of hydrogen-bond acceptors (Lipinski definition) is 3. The molecule has 0 aliphatic carbocycles. The minimum Gasteiger partial charge on any atom is -0.482 e. The first-order valence-electron chi connectivity index (χ1n) is 5.69. The Morgan fingerprint density at radius 3 is 2.68 bits per heavy atom. The predicted octanol–water partition coefficient (Wildman–Crippen LogP) is 4.14. The van der Waals surface area contributed by atoms with Crippen molar-refractivity contribution in [3.63, 3.8) is 0 Å². The van der Waals surface area contributed by atoms with Gasteiger partial charge in [-0.15, -0.1) is 0 Å². The number of aryl methyl sites for hydroxylation is 1. The van der Waals surface area contributed by atoms with Gasteiger partial charge in [-0.05, 0) is 30.2 Å². The van der Waals surface area contributed by atoms with Gasteiger partial charge in [0.05, 0.1) is 4.92 Å². The molecule has 0 radical (unpaired) electrons. The van der Waals surface area contributed by atoms with E-state index in [1.165, 1.54) is 12.1 Å². The van der Waals surface area contributed by atoms with Crippen LogP contribution in [0, 0.1) is 17.0 Å². The summed E-state index contributed by atoms with van der Waals surface area (Å²) in [6, 6.07) is 12.1. The molecule has 0 bridgehead atoms. The van der Waals surface area contributed by atoms with E-state index < -0.39 is 4.92 Å². The fourth-order valence-electron chi connectivity index (χ4n) is 1.68. The maximum absolute atomic E-state index is 10.9. The van der Waals surface area contributed by atoms with Crippen LogP contribution in [0.25, 0.3) is 0 Å². The summed E-state index contributed by atoms with van der Waals surface area (Å²) in [6.45, 7) is 2.25. The highest BCUT2D eigenvalue weighted by atomic mass is 35.5. The van der Waals surface area contributed by atoms with Crippen LogP contribution in [0.4, 0.5) is 5.69 Å². The maximum Gasteiger partial charge on any atom is 0.312 e. The highest BCUT2D eigenvalue weighted by Crippen LogP contribution is 2.30. The minimum atomic E-state index is -0.501. The molecule has 2 rings (SSSR count). The van der Waals surface area contributed by atoms with E-state index in [0.29, 0.717) is 5.02 Å². The molecule has 2 aromatic rings. The van der Waals surface area contributed by atoms with Crippen LogP contribution in [0.1, 0.15) is 11.1 Å². The van der Waals surface area contributed by atoms with E-state index in [1.807, 2.05) is 31.2 Å². The lowest BCUT2D eigenvalue weighted by atomic mass is 10.1. The van der Waals surface area contributed by atoms with Gasteiger partial charge in [-0.25, -0.2) is 0 Å². The van der Waals surface area contributed by atoms with Gasteiger partial charge in [0.15, 0.2) is 5.75 Å². The molecule has 0 unspecified atom stereocenters. The van der Waals surface area contributed by atoms with Crippen LogP contribution in [0.3, 0.4) is 0 Å². The summed E-state index contributed by atoms with van der Waals surface area (Å²) in [5.41, 5.74) is 1.95. The zero-order valence-electron chi connectivity index (χ0n) is 10.3. The smallest absolute Gasteiger partial charge is 0.312 e. The van der Waals surface area contributed by atoms with E-state index in [9.17, 15) is 10.1 Å². The van der Waals surface area contributed by atoms with Crippen molar-refractivity contribution in [1.29, 1.82) is 0 Å². The standard InChI is InChI=1S/C14H12ClNO3/c1-10-4-2-3-5-11(10)9-19-14-7-6-12(15)8-13(14)16(17)18/h2-8H,9H2,1H3. The van der Waals surface area contributed by atoms with Gasteiger partial charge in [0, 0.05) is 11.1 Å². The van der Waals surface area contributed by atoms with E-state index in [2.05, 4.69) is 0 Å². The first-order valence-corrected chi connectivity index (χ1v) is 6.07. The topological polar surface area (TPSA) is 52.4 Å². The molecule has 0 heterocycles. The molecule has 0 aromatic heterocycles. The highest BCUT2D eigenvalue weighted by molar-refractivity contribution is 6.30. The van der Waals surface area contributed by atoms with E-state index >= 15 is 0 Å². The summed E-state index contributed by atoms with van der Waals surface area (Å²) in [7, 11) is 0. The van der Waals surface area contributed by atoms with Gasteiger partial charge in [-0.2, -0.15) is 0 Å². The highest BCUT2D eigenvalue weighted by Gasteiger charge is 2.15. The predicted molar refractivity (Wildman–Crippen MR) is 73.6 cm³/mol. The average Bonchev–Trinajstić information content (AvgIpc) is 2.38. The van der Waals surface area contributed by atoms with E-state index in [4.69, 9.17) is 16.3 Å². The van der Waals surface area contributed by atoms with E-state index in [1.54, 1.807) is 6.07 Å². The van der Waals surface area contributed by atoms with Crippen LogP contribution in [0.2, 0.25) is 5.02 Å². The van der Waals surface area contributed by atoms with Crippen molar-refractivity contribution in [3.8, 4) is 5.75 Å². The van der Waals surface area contributed by atoms with Gasteiger partial charge in [-0.3, -0.25) is 10.1 Å². The molecule has 0 aliphatic rings. The van der Waals surface area contributed by atoms with Crippen LogP contribution in [-0.4, -0.2) is 4.92 Å². The number of benzene rings is 2. The number of hydrogen-bond donors (Lipinski definition) is 0. The van der Waals surface area contributed by atoms with Crippen LogP contribution < -0.4 is 4.74 Å². The first kappa shape index (κ1) is 13.4. The van der Waals surface area contributed by atoms with Crippen LogP contribution >= 0.6 is 11.6 Å². The maximum atomic E-state index is 10.9. The molecule has 5 heteroatoms. The number of rotatable bonds is 4. The second-order valence-electron chi connectivity index (χ2n) is 4.08. The lowest BCUT2D eigenvalue weighted by Crippen LogP contribution is -2.00. The van der Waals surface area contributed by atoms with Crippen LogP contribution in [0.5, 0.6) is 5.75 Å². The Morgan fingerprint density at radius 1 is 1.26 bits per heavy atom. The Morgan fingerprint density at radius 2 is 2.00 bits per heavy atom. The van der Waals surface area contributed by atoms with Gasteiger partial charge in [0.1, 0.15) is 6.61 Å². The number of nitrogens with zero attached hydrogens (tertiary/aromatic N) is 1. The zero-order valence-corrected chi connectivity index (χ0v) is 11.1. The van der Waals surface area contributed by atoms with Gasteiger partial charge in [0.25, 0.3) is 0 Å². The Labute approximate surface area is 115 Å². The molecule has 0 fully saturated rings. The molecule has 0 spiro atoms. The molecule has 0 saturated heterocycles. The second kappa shape index (κ2) is 5.71. The molecule has 2 aromatic carbocycles. The van der Waals surface area contributed by atoms with Crippen molar-refractivity contribution in [2.75, 3.05) is 0 Å². The van der Waals surface area contributed by atoms with Gasteiger partial charge < -0.3 is 4.74 Å². The Hall–Kier alpha value is -2.07. The summed E-state index contributed by atoms with van der Waals surface area (Å²) < 4.78 is 5.52. The fraction of sp³-hybridized carbons (Fsp3) is 0.143. The van der Waals surface area contributed by atoms with Crippen LogP contribution in [0.15, 0.2) is 42.5 Å². The van der Waals surface area contributed by atoms with Crippen molar-refractivity contribution < 1.29 is 9.66 Å². The number of ether oxygens (including phenoxy) is 1. The molecule has 98 valence electrons. The monoisotopic (exact) mass is 277 g/mol. The summed E-state index contributed by atoms with van der Waals surface area (Å²) in [5.74, 6) is 0.220. The lowest BCUT2D eigenvalue weighted by molar-refractivity contribution is -0.385. The summed E-state index contributed by atoms with van der Waals surface area (Å²) in [6.07, 6.45) is 0. The normalized spacial score (nSPS) is 10.2. The molecular weight excluding hydrogens is 266 g/mol. The third-order valence-corrected chi connectivity index (χ3v) is 3.00. The summed E-state index contributed by atoms with van der Waals surface area (Å²) in [4.78, 5) is 10.4. The van der Waals surface area contributed by atoms with Gasteiger partial charge in [0.2, 0.25) is 0 Å². The molecule has 0 N–H and O–H groups in total. The molecular formula is C14H12ClNO3. The van der Waals surface area contributed by atoms with E-state index in [0.717, 1.165) is 11.1 Å². The van der Waals surface area contributed by atoms with Gasteiger partial charge >= 0.3 is 5.69 Å². The Bertz CT molecular complexity index is 613. The van der Waals surface area contributed by atoms with Crippen molar-refractivity contribution in [3.05, 3.63) is 68.7 Å². The second-order valence-corrected chi connectivity index (χ2v) is 4.52. The number of halogens is 1. The quantitative estimate of drug-likeness (QED) is 0.623. The molecule has 19 heavy (non-hydrogen) atoms. The number of nitro benzene ring substituents is 1. The fourth-order valence-corrected chi connectivity index (χ4v) is 1.85. The average molecular weight is 278 g/mol. The van der Waals surface area contributed by atoms with E-state index in [-0.39, 0.29) is 18.0 Å². The van der Waals surface area contributed by atoms with Crippen LogP contribution in [-0.2, 0) is 6.61 Å². The van der Waals surface area contributed by atoms with Gasteiger partial charge in [-0.1, -0.05) is 35.9 Å².